The fraction of sp³-hybridized carbons (Fsp3) is 0.429. The minimum absolute atomic E-state index is 0.0425. The molecule has 0 radical (unpaired) electrons. The molecule has 1 aromatic heterocycles. The second-order valence-corrected chi connectivity index (χ2v) is 9.99. The van der Waals surface area contributed by atoms with Crippen molar-refractivity contribution in [1.82, 2.24) is 19.6 Å². The van der Waals surface area contributed by atoms with Crippen molar-refractivity contribution in [2.24, 2.45) is 0 Å². The molecule has 1 aliphatic rings. The van der Waals surface area contributed by atoms with Gasteiger partial charge in [0.25, 0.3) is 5.91 Å². The molecule has 0 saturated carbocycles. The molecule has 0 spiro atoms. The molecule has 3 aromatic rings. The molecule has 0 aliphatic carbocycles. The Balaban J connectivity index is 1.59. The van der Waals surface area contributed by atoms with Gasteiger partial charge in [-0.1, -0.05) is 18.2 Å². The minimum Gasteiger partial charge on any atom is -0.333 e. The fourth-order valence-corrected chi connectivity index (χ4v) is 4.90. The van der Waals surface area contributed by atoms with Crippen LogP contribution in [0.25, 0.3) is 0 Å². The first-order chi connectivity index (χ1) is 18.3. The van der Waals surface area contributed by atoms with Crippen molar-refractivity contribution in [3.05, 3.63) is 88.2 Å². The average Bonchev–Trinajstić information content (AvgIpc) is 3.38. The van der Waals surface area contributed by atoms with Crippen molar-refractivity contribution in [3.8, 4) is 0 Å². The standard InChI is InChI=1S/C28H30F6N4O/c1-19-5-6-21(13-20(19)2)14-25-18-36(8-4-10-37-9-3-7-35-37)11-12-38(25)26(39)22-15-23(27(29,30)31)17-24(16-22)28(32,33)34/h3,5-7,9,13,15-17,25H,4,8,10-12,14,18H2,1-2H3/t25-/m1/s1. The van der Waals surface area contributed by atoms with E-state index in [-0.39, 0.29) is 12.6 Å². The van der Waals surface area contributed by atoms with Gasteiger partial charge in [-0.2, -0.15) is 31.4 Å². The number of nitrogens with zero attached hydrogens (tertiary/aromatic N) is 4. The summed E-state index contributed by atoms with van der Waals surface area (Å²) in [6.07, 6.45) is -5.27. The lowest BCUT2D eigenvalue weighted by molar-refractivity contribution is -0.143. The lowest BCUT2D eigenvalue weighted by atomic mass is 9.97. The van der Waals surface area contributed by atoms with Crippen LogP contribution in [0.5, 0.6) is 0 Å². The number of rotatable bonds is 7. The Morgan fingerprint density at radius 3 is 2.21 bits per heavy atom. The van der Waals surface area contributed by atoms with E-state index in [4.69, 9.17) is 0 Å². The molecule has 11 heteroatoms. The van der Waals surface area contributed by atoms with Crippen LogP contribution in [-0.4, -0.2) is 57.7 Å². The Morgan fingerprint density at radius 1 is 0.923 bits per heavy atom. The average molecular weight is 553 g/mol. The van der Waals surface area contributed by atoms with Gasteiger partial charge in [-0.15, -0.1) is 0 Å². The molecule has 2 heterocycles. The van der Waals surface area contributed by atoms with Gasteiger partial charge in [0.15, 0.2) is 0 Å². The zero-order chi connectivity index (χ0) is 28.4. The van der Waals surface area contributed by atoms with Crippen LogP contribution < -0.4 is 0 Å². The van der Waals surface area contributed by atoms with E-state index in [0.717, 1.165) is 23.1 Å². The van der Waals surface area contributed by atoms with Gasteiger partial charge in [0.1, 0.15) is 0 Å². The van der Waals surface area contributed by atoms with Gasteiger partial charge in [0, 0.05) is 56.7 Å². The SMILES string of the molecule is Cc1ccc(C[C@@H]2CN(CCCn3cccn3)CCN2C(=O)c2cc(C(F)(F)F)cc(C(F)(F)F)c2)cc1C. The van der Waals surface area contributed by atoms with Gasteiger partial charge < -0.3 is 4.90 Å². The third-order valence-corrected chi connectivity index (χ3v) is 7.13. The first-order valence-electron chi connectivity index (χ1n) is 12.7. The van der Waals surface area contributed by atoms with E-state index in [0.29, 0.717) is 44.7 Å². The molecule has 1 aliphatic heterocycles. The molecule has 5 nitrogen and oxygen atoms in total. The van der Waals surface area contributed by atoms with Gasteiger partial charge in [-0.05, 0) is 67.6 Å². The molecular formula is C28H30F6N4O. The van der Waals surface area contributed by atoms with Crippen molar-refractivity contribution in [3.63, 3.8) is 0 Å². The lowest BCUT2D eigenvalue weighted by Crippen LogP contribution is -2.56. The quantitative estimate of drug-likeness (QED) is 0.338. The minimum atomic E-state index is -5.03. The summed E-state index contributed by atoms with van der Waals surface area (Å²) in [4.78, 5) is 17.1. The summed E-state index contributed by atoms with van der Waals surface area (Å²) in [7, 11) is 0. The first-order valence-corrected chi connectivity index (χ1v) is 12.7. The molecule has 39 heavy (non-hydrogen) atoms. The highest BCUT2D eigenvalue weighted by Crippen LogP contribution is 2.37. The maximum absolute atomic E-state index is 13.5. The van der Waals surface area contributed by atoms with E-state index in [1.165, 1.54) is 4.90 Å². The van der Waals surface area contributed by atoms with Gasteiger partial charge in [-0.25, -0.2) is 0 Å². The van der Waals surface area contributed by atoms with Crippen LogP contribution in [0.2, 0.25) is 0 Å². The van der Waals surface area contributed by atoms with Crippen LogP contribution in [0, 0.1) is 13.8 Å². The Labute approximate surface area is 223 Å². The maximum Gasteiger partial charge on any atom is 0.416 e. The summed E-state index contributed by atoms with van der Waals surface area (Å²) < 4.78 is 82.5. The number of carbonyl (C=O) groups excluding carboxylic acids is 1. The molecule has 2 aromatic carbocycles. The lowest BCUT2D eigenvalue weighted by Gasteiger charge is -2.42. The van der Waals surface area contributed by atoms with Gasteiger partial charge in [0.05, 0.1) is 11.1 Å². The number of alkyl halides is 6. The second kappa shape index (κ2) is 11.4. The summed E-state index contributed by atoms with van der Waals surface area (Å²) in [5.41, 5.74) is -0.509. The molecule has 210 valence electrons. The van der Waals surface area contributed by atoms with E-state index in [1.807, 2.05) is 49.0 Å². The highest BCUT2D eigenvalue weighted by atomic mass is 19.4. The molecule has 0 bridgehead atoms. The predicted octanol–water partition coefficient (Wildman–Crippen LogP) is 6.00. The van der Waals surface area contributed by atoms with Crippen molar-refractivity contribution >= 4 is 5.91 Å². The Hall–Kier alpha value is -3.34. The topological polar surface area (TPSA) is 41.4 Å². The summed E-state index contributed by atoms with van der Waals surface area (Å²) >= 11 is 0. The normalized spacial score (nSPS) is 17.0. The smallest absolute Gasteiger partial charge is 0.333 e. The van der Waals surface area contributed by atoms with Gasteiger partial charge in [0.2, 0.25) is 0 Å². The van der Waals surface area contributed by atoms with Crippen LogP contribution in [0.15, 0.2) is 54.9 Å². The van der Waals surface area contributed by atoms with Gasteiger partial charge in [-0.3, -0.25) is 14.4 Å². The van der Waals surface area contributed by atoms with Crippen LogP contribution >= 0.6 is 0 Å². The summed E-state index contributed by atoms with van der Waals surface area (Å²) in [6.45, 7) is 6.45. The van der Waals surface area contributed by atoms with E-state index in [1.54, 1.807) is 6.20 Å². The van der Waals surface area contributed by atoms with Crippen molar-refractivity contribution in [2.45, 2.75) is 51.6 Å². The van der Waals surface area contributed by atoms with Crippen LogP contribution in [0.4, 0.5) is 26.3 Å². The largest absolute Gasteiger partial charge is 0.416 e. The van der Waals surface area contributed by atoms with Crippen molar-refractivity contribution in [1.29, 1.82) is 0 Å². The van der Waals surface area contributed by atoms with E-state index >= 15 is 0 Å². The van der Waals surface area contributed by atoms with E-state index in [2.05, 4.69) is 10.00 Å². The molecule has 1 atom stereocenters. The first kappa shape index (κ1) is 28.7. The Morgan fingerprint density at radius 2 is 1.62 bits per heavy atom. The Bertz CT molecular complexity index is 1250. The number of hydrogen-bond acceptors (Lipinski definition) is 3. The summed E-state index contributed by atoms with van der Waals surface area (Å²) in [5, 5.41) is 4.19. The summed E-state index contributed by atoms with van der Waals surface area (Å²) in [5.74, 6) is -0.836. The molecule has 1 amide bonds. The number of piperazine rings is 1. The zero-order valence-electron chi connectivity index (χ0n) is 21.7. The third-order valence-electron chi connectivity index (χ3n) is 7.13. The molecule has 1 saturated heterocycles. The monoisotopic (exact) mass is 552 g/mol. The molecule has 1 fully saturated rings. The summed E-state index contributed by atoms with van der Waals surface area (Å²) in [6, 6.07) is 8.38. The maximum atomic E-state index is 13.5. The fourth-order valence-electron chi connectivity index (χ4n) is 4.90. The van der Waals surface area contributed by atoms with Crippen LogP contribution in [0.3, 0.4) is 0 Å². The van der Waals surface area contributed by atoms with Crippen LogP contribution in [-0.2, 0) is 25.3 Å². The number of amides is 1. The van der Waals surface area contributed by atoms with Crippen molar-refractivity contribution in [2.75, 3.05) is 26.2 Å². The number of benzene rings is 2. The number of aryl methyl sites for hydroxylation is 3. The number of halogens is 6. The van der Waals surface area contributed by atoms with E-state index < -0.39 is 41.0 Å². The molecular weight excluding hydrogens is 522 g/mol. The Kier molecular flexibility index (Phi) is 8.39. The highest BCUT2D eigenvalue weighted by Gasteiger charge is 2.39. The highest BCUT2D eigenvalue weighted by molar-refractivity contribution is 5.95. The third kappa shape index (κ3) is 7.20. The second-order valence-electron chi connectivity index (χ2n) is 9.99. The number of hydrogen-bond donors (Lipinski definition) is 0. The van der Waals surface area contributed by atoms with Crippen molar-refractivity contribution < 1.29 is 31.1 Å². The molecule has 0 unspecified atom stereocenters. The molecule has 0 N–H and O–H groups in total. The van der Waals surface area contributed by atoms with E-state index in [9.17, 15) is 31.1 Å². The zero-order valence-corrected chi connectivity index (χ0v) is 21.7. The van der Waals surface area contributed by atoms with Crippen LogP contribution in [0.1, 0.15) is 44.6 Å². The number of carbonyl (C=O) groups is 1. The predicted molar refractivity (Wildman–Crippen MR) is 134 cm³/mol. The number of aromatic nitrogens is 2. The molecule has 4 rings (SSSR count). The van der Waals surface area contributed by atoms with Gasteiger partial charge >= 0.3 is 12.4 Å².